The SMILES string of the molecule is C[C@H]1c2ccc(NC(=O)CCl)c(O)c2C(O)=C2C(=O)[C@]3(O)C(O)=C(C(N)=O)C(=O)CC3[C@@H](O)C21. The van der Waals surface area contributed by atoms with Crippen LogP contribution in [0.1, 0.15) is 30.4 Å². The lowest BCUT2D eigenvalue weighted by atomic mass is 9.55. The predicted molar refractivity (Wildman–Crippen MR) is 117 cm³/mol. The standard InChI is InChI=1S/C22H21ClN2O9/c1-6-7-2-3-9(25-11(27)5-23)17(29)13(7)18(30)15-12(6)16(28)8-4-10(26)14(21(24)33)19(31)22(8,34)20(15)32/h2-3,6,8,12,16,28-31,34H,4-5H2,1H3,(H2,24,33)(H,25,27)/t6-,8?,12?,16+,22+/m0/s1. The maximum absolute atomic E-state index is 13.5. The number of Topliss-reactive ketones (excluding diaryl/α,β-unsaturated/α-hetero) is 2. The molecule has 3 aliphatic rings. The van der Waals surface area contributed by atoms with Gasteiger partial charge in [-0.3, -0.25) is 19.2 Å². The van der Waals surface area contributed by atoms with Gasteiger partial charge in [-0.25, -0.2) is 0 Å². The molecular weight excluding hydrogens is 472 g/mol. The van der Waals surface area contributed by atoms with E-state index in [1.807, 2.05) is 0 Å². The molecular formula is C22H21ClN2O9. The largest absolute Gasteiger partial charge is 0.508 e. The number of rotatable bonds is 3. The number of nitrogens with two attached hydrogens (primary N) is 1. The summed E-state index contributed by atoms with van der Waals surface area (Å²) >= 11 is 5.48. The fraction of sp³-hybridized carbons (Fsp3) is 0.364. The third-order valence-electron chi connectivity index (χ3n) is 6.90. The average molecular weight is 493 g/mol. The van der Waals surface area contributed by atoms with Crippen LogP contribution in [0.5, 0.6) is 5.75 Å². The Bertz CT molecular complexity index is 1240. The molecule has 0 aliphatic heterocycles. The number of hydrogen-bond acceptors (Lipinski definition) is 9. The first-order valence-corrected chi connectivity index (χ1v) is 10.8. The normalized spacial score (nSPS) is 30.5. The van der Waals surface area contributed by atoms with Crippen LogP contribution in [-0.4, -0.2) is 66.5 Å². The number of alkyl halides is 1. The molecule has 0 spiro atoms. The summed E-state index contributed by atoms with van der Waals surface area (Å²) in [5, 5.41) is 57.1. The van der Waals surface area contributed by atoms with Crippen molar-refractivity contribution in [1.82, 2.24) is 0 Å². The van der Waals surface area contributed by atoms with E-state index >= 15 is 0 Å². The van der Waals surface area contributed by atoms with Gasteiger partial charge in [0.25, 0.3) is 5.91 Å². The van der Waals surface area contributed by atoms with Crippen LogP contribution in [0, 0.1) is 11.8 Å². The molecule has 0 heterocycles. The van der Waals surface area contributed by atoms with Gasteiger partial charge in [0.1, 0.15) is 28.7 Å². The molecule has 0 bridgehead atoms. The highest BCUT2D eigenvalue weighted by Crippen LogP contribution is 2.56. The Morgan fingerprint density at radius 1 is 1.24 bits per heavy atom. The molecule has 1 aromatic carbocycles. The Morgan fingerprint density at radius 2 is 1.88 bits per heavy atom. The fourth-order valence-electron chi connectivity index (χ4n) is 5.28. The van der Waals surface area contributed by atoms with Crippen molar-refractivity contribution >= 4 is 46.4 Å². The minimum atomic E-state index is -2.91. The van der Waals surface area contributed by atoms with E-state index in [9.17, 15) is 44.7 Å². The summed E-state index contributed by atoms with van der Waals surface area (Å²) in [6.45, 7) is 1.60. The van der Waals surface area contributed by atoms with Crippen LogP contribution in [0.2, 0.25) is 0 Å². The number of hydrogen-bond donors (Lipinski definition) is 7. The summed E-state index contributed by atoms with van der Waals surface area (Å²) in [4.78, 5) is 49.3. The van der Waals surface area contributed by atoms with Gasteiger partial charge in [0.15, 0.2) is 11.4 Å². The van der Waals surface area contributed by atoms with Crippen molar-refractivity contribution in [3.8, 4) is 5.75 Å². The third kappa shape index (κ3) is 2.97. The summed E-state index contributed by atoms with van der Waals surface area (Å²) in [5.41, 5.74) is 0.757. The molecule has 12 heteroatoms. The van der Waals surface area contributed by atoms with Gasteiger partial charge in [-0.05, 0) is 17.5 Å². The number of aliphatic hydroxyl groups is 4. The van der Waals surface area contributed by atoms with E-state index in [2.05, 4.69) is 5.32 Å². The first kappa shape index (κ1) is 23.7. The molecule has 0 radical (unpaired) electrons. The second-order valence-corrected chi connectivity index (χ2v) is 8.86. The van der Waals surface area contributed by atoms with Crippen molar-refractivity contribution in [2.45, 2.75) is 31.0 Å². The molecule has 1 aromatic rings. The van der Waals surface area contributed by atoms with Crippen LogP contribution in [0.4, 0.5) is 5.69 Å². The van der Waals surface area contributed by atoms with Crippen LogP contribution < -0.4 is 11.1 Å². The van der Waals surface area contributed by atoms with Gasteiger partial charge in [-0.1, -0.05) is 13.0 Å². The van der Waals surface area contributed by atoms with Crippen LogP contribution in [0.3, 0.4) is 0 Å². The number of carbonyl (C=O) groups is 4. The lowest BCUT2D eigenvalue weighted by molar-refractivity contribution is -0.160. The van der Waals surface area contributed by atoms with Gasteiger partial charge in [-0.15, -0.1) is 11.6 Å². The summed E-state index contributed by atoms with van der Waals surface area (Å²) in [6.07, 6.45) is -2.26. The zero-order valence-electron chi connectivity index (χ0n) is 17.7. The number of phenolic OH excluding ortho intramolecular Hbond substituents is 1. The van der Waals surface area contributed by atoms with Crippen LogP contribution >= 0.6 is 11.6 Å². The molecule has 11 nitrogen and oxygen atoms in total. The van der Waals surface area contributed by atoms with Gasteiger partial charge >= 0.3 is 0 Å². The highest BCUT2D eigenvalue weighted by atomic mass is 35.5. The number of halogens is 1. The number of fused-ring (bicyclic) bond motifs is 3. The summed E-state index contributed by atoms with van der Waals surface area (Å²) in [5.74, 6) is -10.6. The zero-order valence-corrected chi connectivity index (χ0v) is 18.5. The van der Waals surface area contributed by atoms with E-state index in [1.165, 1.54) is 12.1 Å². The van der Waals surface area contributed by atoms with Gasteiger partial charge in [0.2, 0.25) is 11.7 Å². The Hall–Kier alpha value is -3.41. The number of carbonyl (C=O) groups excluding carboxylic acids is 4. The monoisotopic (exact) mass is 492 g/mol. The van der Waals surface area contributed by atoms with Crippen molar-refractivity contribution in [2.75, 3.05) is 11.2 Å². The van der Waals surface area contributed by atoms with Crippen molar-refractivity contribution in [2.24, 2.45) is 17.6 Å². The summed E-state index contributed by atoms with van der Waals surface area (Å²) < 4.78 is 0. The topological polar surface area (TPSA) is 207 Å². The van der Waals surface area contributed by atoms with Gasteiger partial charge in [0, 0.05) is 23.8 Å². The highest BCUT2D eigenvalue weighted by molar-refractivity contribution is 6.29. The second kappa shape index (κ2) is 7.83. The average Bonchev–Trinajstić information content (AvgIpc) is 2.77. The van der Waals surface area contributed by atoms with Crippen molar-refractivity contribution in [1.29, 1.82) is 0 Å². The number of nitrogens with one attached hydrogen (secondary N) is 1. The predicted octanol–water partition coefficient (Wildman–Crippen LogP) is 0.133. The zero-order chi connectivity index (χ0) is 25.3. The van der Waals surface area contributed by atoms with E-state index in [0.29, 0.717) is 5.56 Å². The number of primary amides is 1. The maximum atomic E-state index is 13.5. The first-order chi connectivity index (χ1) is 15.9. The molecule has 4 rings (SSSR count). The van der Waals surface area contributed by atoms with Gasteiger partial charge < -0.3 is 36.6 Å². The van der Waals surface area contributed by atoms with E-state index in [0.717, 1.165) is 0 Å². The van der Waals surface area contributed by atoms with E-state index in [4.69, 9.17) is 17.3 Å². The highest BCUT2D eigenvalue weighted by Gasteiger charge is 2.64. The molecule has 2 unspecified atom stereocenters. The fourth-order valence-corrected chi connectivity index (χ4v) is 5.35. The van der Waals surface area contributed by atoms with Gasteiger partial charge in [0.05, 0.1) is 17.4 Å². The Kier molecular flexibility index (Phi) is 5.46. The molecule has 8 N–H and O–H groups in total. The quantitative estimate of drug-likeness (QED) is 0.173. The molecule has 180 valence electrons. The number of amides is 2. The lowest BCUT2D eigenvalue weighted by Gasteiger charge is -2.50. The maximum Gasteiger partial charge on any atom is 0.255 e. The number of ketones is 2. The van der Waals surface area contributed by atoms with Crippen LogP contribution in [0.15, 0.2) is 29.0 Å². The van der Waals surface area contributed by atoms with E-state index < -0.39 is 93.6 Å². The summed E-state index contributed by atoms with van der Waals surface area (Å²) in [6, 6.07) is 2.84. The number of phenols is 1. The number of aliphatic hydroxyl groups excluding tert-OH is 3. The molecule has 34 heavy (non-hydrogen) atoms. The molecule has 3 aliphatic carbocycles. The molecule has 1 saturated carbocycles. The number of aromatic hydroxyl groups is 1. The first-order valence-electron chi connectivity index (χ1n) is 10.2. The molecule has 1 fully saturated rings. The third-order valence-corrected chi connectivity index (χ3v) is 7.14. The molecule has 0 aromatic heterocycles. The van der Waals surface area contributed by atoms with E-state index in [-0.39, 0.29) is 11.3 Å². The minimum absolute atomic E-state index is 0.107. The Balaban J connectivity index is 1.96. The second-order valence-electron chi connectivity index (χ2n) is 8.59. The smallest absolute Gasteiger partial charge is 0.255 e. The Labute approximate surface area is 197 Å². The molecule has 0 saturated heterocycles. The summed E-state index contributed by atoms with van der Waals surface area (Å²) in [7, 11) is 0. The van der Waals surface area contributed by atoms with Crippen molar-refractivity contribution in [3.05, 3.63) is 40.2 Å². The van der Waals surface area contributed by atoms with Crippen LogP contribution in [-0.2, 0) is 19.2 Å². The number of anilines is 1. The molecule has 5 atom stereocenters. The Morgan fingerprint density at radius 3 is 2.47 bits per heavy atom. The van der Waals surface area contributed by atoms with E-state index in [1.54, 1.807) is 6.92 Å². The molecule has 2 amide bonds. The van der Waals surface area contributed by atoms with Crippen molar-refractivity contribution in [3.63, 3.8) is 0 Å². The lowest BCUT2D eigenvalue weighted by Crippen LogP contribution is -2.63. The van der Waals surface area contributed by atoms with Crippen molar-refractivity contribution < 1.29 is 44.7 Å². The minimum Gasteiger partial charge on any atom is -0.508 e. The van der Waals surface area contributed by atoms with Crippen LogP contribution in [0.25, 0.3) is 5.76 Å². The number of benzene rings is 1. The van der Waals surface area contributed by atoms with Gasteiger partial charge in [-0.2, -0.15) is 0 Å².